The molecule has 1 aromatic carbocycles. The van der Waals surface area contributed by atoms with Gasteiger partial charge in [-0.05, 0) is 30.9 Å². The molecular formula is C14H21NO2. The molecule has 17 heavy (non-hydrogen) atoms. The van der Waals surface area contributed by atoms with Gasteiger partial charge < -0.3 is 14.7 Å². The van der Waals surface area contributed by atoms with Crippen molar-refractivity contribution in [3.8, 4) is 5.75 Å². The molecule has 0 amide bonds. The van der Waals surface area contributed by atoms with E-state index in [1.807, 2.05) is 12.1 Å². The lowest BCUT2D eigenvalue weighted by atomic mass is 10.1. The highest BCUT2D eigenvalue weighted by atomic mass is 16.5. The second-order valence-corrected chi connectivity index (χ2v) is 4.63. The molecule has 1 N–H and O–H groups in total. The number of aliphatic hydroxyl groups is 1. The zero-order valence-corrected chi connectivity index (χ0v) is 10.4. The van der Waals surface area contributed by atoms with E-state index in [1.165, 1.54) is 5.56 Å². The number of benzene rings is 1. The Morgan fingerprint density at radius 1 is 1.29 bits per heavy atom. The molecular weight excluding hydrogens is 214 g/mol. The first kappa shape index (κ1) is 12.4. The molecule has 1 heterocycles. The highest BCUT2D eigenvalue weighted by Gasteiger charge is 2.16. The maximum Gasteiger partial charge on any atom is 0.122 e. The normalized spacial score (nSPS) is 18.2. The summed E-state index contributed by atoms with van der Waals surface area (Å²) in [4.78, 5) is 2.42. The highest BCUT2D eigenvalue weighted by molar-refractivity contribution is 5.33. The van der Waals surface area contributed by atoms with Crippen molar-refractivity contribution in [3.63, 3.8) is 0 Å². The SMILES string of the molecule is COc1ccccc1CCN1CCC(O)CC1. The molecule has 0 saturated carbocycles. The molecule has 1 aliphatic rings. The van der Waals surface area contributed by atoms with Gasteiger partial charge in [-0.3, -0.25) is 0 Å². The van der Waals surface area contributed by atoms with Crippen molar-refractivity contribution < 1.29 is 9.84 Å². The van der Waals surface area contributed by atoms with Crippen LogP contribution in [0.2, 0.25) is 0 Å². The van der Waals surface area contributed by atoms with Crippen molar-refractivity contribution in [3.05, 3.63) is 29.8 Å². The van der Waals surface area contributed by atoms with E-state index >= 15 is 0 Å². The topological polar surface area (TPSA) is 32.7 Å². The fraction of sp³-hybridized carbons (Fsp3) is 0.571. The van der Waals surface area contributed by atoms with E-state index in [0.717, 1.165) is 44.6 Å². The van der Waals surface area contributed by atoms with Crippen molar-refractivity contribution >= 4 is 0 Å². The third kappa shape index (κ3) is 3.45. The molecule has 3 heteroatoms. The van der Waals surface area contributed by atoms with Crippen molar-refractivity contribution in [2.45, 2.75) is 25.4 Å². The molecule has 1 aromatic rings. The number of para-hydroxylation sites is 1. The molecule has 0 atom stereocenters. The van der Waals surface area contributed by atoms with Crippen LogP contribution in [0.4, 0.5) is 0 Å². The van der Waals surface area contributed by atoms with Crippen LogP contribution in [-0.4, -0.2) is 42.9 Å². The predicted molar refractivity (Wildman–Crippen MR) is 68.4 cm³/mol. The Morgan fingerprint density at radius 2 is 2.00 bits per heavy atom. The van der Waals surface area contributed by atoms with Gasteiger partial charge >= 0.3 is 0 Å². The van der Waals surface area contributed by atoms with E-state index in [4.69, 9.17) is 4.74 Å². The molecule has 1 fully saturated rings. The molecule has 2 rings (SSSR count). The first-order valence-electron chi connectivity index (χ1n) is 6.32. The van der Waals surface area contributed by atoms with Crippen LogP contribution in [0.3, 0.4) is 0 Å². The first-order valence-corrected chi connectivity index (χ1v) is 6.32. The fourth-order valence-electron chi connectivity index (χ4n) is 2.33. The van der Waals surface area contributed by atoms with Crippen LogP contribution in [0.5, 0.6) is 5.75 Å². The summed E-state index contributed by atoms with van der Waals surface area (Å²) < 4.78 is 5.34. The van der Waals surface area contributed by atoms with Crippen molar-refractivity contribution in [2.24, 2.45) is 0 Å². The third-order valence-corrected chi connectivity index (χ3v) is 3.45. The quantitative estimate of drug-likeness (QED) is 0.862. The summed E-state index contributed by atoms with van der Waals surface area (Å²) in [5, 5.41) is 9.45. The number of hydrogen-bond acceptors (Lipinski definition) is 3. The summed E-state index contributed by atoms with van der Waals surface area (Å²) in [6.07, 6.45) is 2.75. The minimum atomic E-state index is -0.0856. The zero-order chi connectivity index (χ0) is 12.1. The number of aliphatic hydroxyl groups excluding tert-OH is 1. The van der Waals surface area contributed by atoms with Gasteiger partial charge in [-0.1, -0.05) is 18.2 Å². The number of methoxy groups -OCH3 is 1. The summed E-state index contributed by atoms with van der Waals surface area (Å²) >= 11 is 0. The molecule has 0 bridgehead atoms. The second-order valence-electron chi connectivity index (χ2n) is 4.63. The molecule has 0 spiro atoms. The Morgan fingerprint density at radius 3 is 2.71 bits per heavy atom. The first-order chi connectivity index (χ1) is 8.29. The van der Waals surface area contributed by atoms with Crippen LogP contribution in [0, 0.1) is 0 Å². The smallest absolute Gasteiger partial charge is 0.122 e. The van der Waals surface area contributed by atoms with Gasteiger partial charge in [0, 0.05) is 19.6 Å². The Bertz CT molecular complexity index is 346. The zero-order valence-electron chi connectivity index (χ0n) is 10.4. The van der Waals surface area contributed by atoms with Gasteiger partial charge in [-0.2, -0.15) is 0 Å². The number of piperidine rings is 1. The van der Waals surface area contributed by atoms with E-state index < -0.39 is 0 Å². The van der Waals surface area contributed by atoms with E-state index in [-0.39, 0.29) is 6.10 Å². The third-order valence-electron chi connectivity index (χ3n) is 3.45. The summed E-state index contributed by atoms with van der Waals surface area (Å²) in [5.41, 5.74) is 1.26. The number of likely N-dealkylation sites (tertiary alicyclic amines) is 1. The van der Waals surface area contributed by atoms with Gasteiger partial charge in [-0.25, -0.2) is 0 Å². The summed E-state index contributed by atoms with van der Waals surface area (Å²) in [6, 6.07) is 8.18. The molecule has 94 valence electrons. The van der Waals surface area contributed by atoms with Crippen LogP contribution in [0.15, 0.2) is 24.3 Å². The van der Waals surface area contributed by atoms with Gasteiger partial charge in [0.2, 0.25) is 0 Å². The van der Waals surface area contributed by atoms with Gasteiger partial charge in [0.15, 0.2) is 0 Å². The van der Waals surface area contributed by atoms with Gasteiger partial charge in [0.25, 0.3) is 0 Å². The minimum Gasteiger partial charge on any atom is -0.496 e. The fourth-order valence-corrected chi connectivity index (χ4v) is 2.33. The summed E-state index contributed by atoms with van der Waals surface area (Å²) in [6.45, 7) is 3.07. The summed E-state index contributed by atoms with van der Waals surface area (Å²) in [5.74, 6) is 0.976. The Hall–Kier alpha value is -1.06. The molecule has 0 aliphatic carbocycles. The molecule has 1 aliphatic heterocycles. The number of nitrogens with zero attached hydrogens (tertiary/aromatic N) is 1. The minimum absolute atomic E-state index is 0.0856. The van der Waals surface area contributed by atoms with Gasteiger partial charge in [0.05, 0.1) is 13.2 Å². The summed E-state index contributed by atoms with van der Waals surface area (Å²) in [7, 11) is 1.72. The largest absolute Gasteiger partial charge is 0.496 e. The molecule has 3 nitrogen and oxygen atoms in total. The number of ether oxygens (including phenoxy) is 1. The number of rotatable bonds is 4. The molecule has 0 aromatic heterocycles. The van der Waals surface area contributed by atoms with Crippen LogP contribution < -0.4 is 4.74 Å². The second kappa shape index (κ2) is 6.03. The highest BCUT2D eigenvalue weighted by Crippen LogP contribution is 2.19. The lowest BCUT2D eigenvalue weighted by Crippen LogP contribution is -2.37. The lowest BCUT2D eigenvalue weighted by molar-refractivity contribution is 0.0831. The number of hydrogen-bond donors (Lipinski definition) is 1. The van der Waals surface area contributed by atoms with E-state index in [2.05, 4.69) is 17.0 Å². The monoisotopic (exact) mass is 235 g/mol. The van der Waals surface area contributed by atoms with Crippen LogP contribution in [0.25, 0.3) is 0 Å². The van der Waals surface area contributed by atoms with Gasteiger partial charge in [-0.15, -0.1) is 0 Å². The van der Waals surface area contributed by atoms with Crippen molar-refractivity contribution in [2.75, 3.05) is 26.7 Å². The van der Waals surface area contributed by atoms with Gasteiger partial charge in [0.1, 0.15) is 5.75 Å². The van der Waals surface area contributed by atoms with E-state index in [0.29, 0.717) is 0 Å². The van der Waals surface area contributed by atoms with Crippen molar-refractivity contribution in [1.82, 2.24) is 4.90 Å². The van der Waals surface area contributed by atoms with Crippen LogP contribution in [0.1, 0.15) is 18.4 Å². The maximum absolute atomic E-state index is 9.45. The lowest BCUT2D eigenvalue weighted by Gasteiger charge is -2.29. The maximum atomic E-state index is 9.45. The van der Waals surface area contributed by atoms with Crippen molar-refractivity contribution in [1.29, 1.82) is 0 Å². The Labute approximate surface area is 103 Å². The Kier molecular flexibility index (Phi) is 4.40. The molecule has 0 unspecified atom stereocenters. The predicted octanol–water partition coefficient (Wildman–Crippen LogP) is 1.69. The van der Waals surface area contributed by atoms with Crippen LogP contribution >= 0.6 is 0 Å². The van der Waals surface area contributed by atoms with Crippen LogP contribution in [-0.2, 0) is 6.42 Å². The average Bonchev–Trinajstić information content (AvgIpc) is 2.38. The Balaban J connectivity index is 1.85. The van der Waals surface area contributed by atoms with E-state index in [1.54, 1.807) is 7.11 Å². The standard InChI is InChI=1S/C14H21NO2/c1-17-14-5-3-2-4-12(14)6-9-15-10-7-13(16)8-11-15/h2-5,13,16H,6-11H2,1H3. The average molecular weight is 235 g/mol. The molecule has 0 radical (unpaired) electrons. The van der Waals surface area contributed by atoms with E-state index in [9.17, 15) is 5.11 Å². The molecule has 1 saturated heterocycles.